The van der Waals surface area contributed by atoms with Crippen molar-refractivity contribution in [3.63, 3.8) is 0 Å². The first-order valence-corrected chi connectivity index (χ1v) is 7.03. The smallest absolute Gasteiger partial charge is 0.122 e. The second-order valence-corrected chi connectivity index (χ2v) is 5.66. The van der Waals surface area contributed by atoms with Crippen molar-refractivity contribution in [3.05, 3.63) is 39.3 Å². The Morgan fingerprint density at radius 1 is 1.15 bits per heavy atom. The molecule has 1 unspecified atom stereocenters. The largest absolute Gasteiger partial charge is 0.497 e. The Bertz CT molecular complexity index is 576. The fraction of sp³-hybridized carbons (Fsp3) is 0.357. The van der Waals surface area contributed by atoms with E-state index in [9.17, 15) is 0 Å². The molecule has 0 radical (unpaired) electrons. The molecule has 20 heavy (non-hydrogen) atoms. The molecule has 6 heteroatoms. The number of hydrazine groups is 1. The number of benzene rings is 1. The van der Waals surface area contributed by atoms with E-state index >= 15 is 0 Å². The van der Waals surface area contributed by atoms with Gasteiger partial charge in [-0.2, -0.15) is 0 Å². The van der Waals surface area contributed by atoms with Gasteiger partial charge in [-0.05, 0) is 31.5 Å². The Labute approximate surface area is 122 Å². The Hall–Kier alpha value is -1.63. The molecule has 3 N–H and O–H groups in total. The van der Waals surface area contributed by atoms with Crippen molar-refractivity contribution in [1.82, 2.24) is 10.4 Å². The highest BCUT2D eigenvalue weighted by Gasteiger charge is 2.19. The third-order valence-corrected chi connectivity index (χ3v) is 4.21. The topological polar surface area (TPSA) is 69.4 Å². The molecule has 0 amide bonds. The van der Waals surface area contributed by atoms with Crippen molar-refractivity contribution in [2.75, 3.05) is 14.2 Å². The van der Waals surface area contributed by atoms with Gasteiger partial charge >= 0.3 is 0 Å². The molecule has 1 atom stereocenters. The lowest BCUT2D eigenvalue weighted by atomic mass is 10.0. The number of methoxy groups -OCH3 is 2. The third-order valence-electron chi connectivity index (χ3n) is 3.08. The minimum atomic E-state index is -0.134. The van der Waals surface area contributed by atoms with E-state index in [2.05, 4.69) is 10.4 Å². The van der Waals surface area contributed by atoms with E-state index in [0.717, 1.165) is 32.6 Å². The molecule has 0 fully saturated rings. The predicted octanol–water partition coefficient (Wildman–Crippen LogP) is 2.33. The minimum absolute atomic E-state index is 0.134. The summed E-state index contributed by atoms with van der Waals surface area (Å²) in [5.41, 5.74) is 4.82. The average Bonchev–Trinajstić information content (AvgIpc) is 2.78. The molecular formula is C14H19N3O2S. The second kappa shape index (κ2) is 6.21. The second-order valence-electron chi connectivity index (χ2n) is 4.43. The molecule has 2 rings (SSSR count). The maximum absolute atomic E-state index is 5.75. The number of nitrogens with zero attached hydrogens (tertiary/aromatic N) is 1. The Morgan fingerprint density at radius 2 is 1.75 bits per heavy atom. The lowest BCUT2D eigenvalue weighted by Gasteiger charge is -2.17. The summed E-state index contributed by atoms with van der Waals surface area (Å²) in [7, 11) is 3.26. The summed E-state index contributed by atoms with van der Waals surface area (Å²) in [5, 5.41) is 1.02. The van der Waals surface area contributed by atoms with Crippen molar-refractivity contribution >= 4 is 11.3 Å². The van der Waals surface area contributed by atoms with Crippen molar-refractivity contribution in [1.29, 1.82) is 0 Å². The number of hydrogen-bond acceptors (Lipinski definition) is 6. The lowest BCUT2D eigenvalue weighted by molar-refractivity contribution is 0.392. The summed E-state index contributed by atoms with van der Waals surface area (Å²) in [5.74, 6) is 7.21. The number of aromatic nitrogens is 1. The van der Waals surface area contributed by atoms with E-state index in [1.54, 1.807) is 25.6 Å². The van der Waals surface area contributed by atoms with Crippen LogP contribution in [0.3, 0.4) is 0 Å². The average molecular weight is 293 g/mol. The van der Waals surface area contributed by atoms with E-state index in [0.29, 0.717) is 0 Å². The Balaban J connectivity index is 2.48. The summed E-state index contributed by atoms with van der Waals surface area (Å²) in [6, 6.07) is 5.59. The summed E-state index contributed by atoms with van der Waals surface area (Å²) < 4.78 is 10.6. The predicted molar refractivity (Wildman–Crippen MR) is 80.3 cm³/mol. The Morgan fingerprint density at radius 3 is 2.15 bits per heavy atom. The number of thiazole rings is 1. The van der Waals surface area contributed by atoms with E-state index < -0.39 is 0 Å². The highest BCUT2D eigenvalue weighted by molar-refractivity contribution is 7.11. The molecule has 1 aromatic carbocycles. The first kappa shape index (κ1) is 14.8. The number of aryl methyl sites for hydroxylation is 2. The lowest BCUT2D eigenvalue weighted by Crippen LogP contribution is -2.28. The standard InChI is InChI=1S/C14H19N3O2S/c1-8-14(20-9(2)16-8)13(17-15)10-5-11(18-3)7-12(6-10)19-4/h5-7,13,17H,15H2,1-4H3. The number of rotatable bonds is 5. The molecule has 0 aliphatic rings. The van der Waals surface area contributed by atoms with E-state index in [1.165, 1.54) is 0 Å². The van der Waals surface area contributed by atoms with Gasteiger partial charge in [0.05, 0.1) is 35.8 Å². The zero-order valence-electron chi connectivity index (χ0n) is 12.1. The highest BCUT2D eigenvalue weighted by Crippen LogP contribution is 2.33. The van der Waals surface area contributed by atoms with Crippen LogP contribution in [0.2, 0.25) is 0 Å². The summed E-state index contributed by atoms with van der Waals surface area (Å²) in [6.45, 7) is 3.97. The van der Waals surface area contributed by atoms with Crippen molar-refractivity contribution in [3.8, 4) is 11.5 Å². The van der Waals surface area contributed by atoms with Crippen LogP contribution >= 0.6 is 11.3 Å². The van der Waals surface area contributed by atoms with E-state index in [4.69, 9.17) is 15.3 Å². The molecule has 0 aliphatic heterocycles. The quantitative estimate of drug-likeness (QED) is 0.654. The highest BCUT2D eigenvalue weighted by atomic mass is 32.1. The maximum Gasteiger partial charge on any atom is 0.122 e. The van der Waals surface area contributed by atoms with Crippen LogP contribution in [0.5, 0.6) is 11.5 Å². The number of nitrogens with two attached hydrogens (primary N) is 1. The first-order valence-electron chi connectivity index (χ1n) is 6.22. The van der Waals surface area contributed by atoms with Crippen LogP contribution in [0, 0.1) is 13.8 Å². The van der Waals surface area contributed by atoms with Crippen LogP contribution in [0.4, 0.5) is 0 Å². The number of ether oxygens (including phenoxy) is 2. The van der Waals surface area contributed by atoms with Gasteiger partial charge in [-0.15, -0.1) is 11.3 Å². The zero-order chi connectivity index (χ0) is 14.7. The molecule has 1 heterocycles. The van der Waals surface area contributed by atoms with Crippen molar-refractivity contribution in [2.45, 2.75) is 19.9 Å². The maximum atomic E-state index is 5.75. The molecule has 0 bridgehead atoms. The molecule has 1 aromatic heterocycles. The van der Waals surface area contributed by atoms with Gasteiger partial charge in [0, 0.05) is 6.07 Å². The van der Waals surface area contributed by atoms with Crippen LogP contribution in [0.25, 0.3) is 0 Å². The van der Waals surface area contributed by atoms with Crippen LogP contribution in [-0.2, 0) is 0 Å². The summed E-state index contributed by atoms with van der Waals surface area (Å²) >= 11 is 1.63. The number of hydrogen-bond donors (Lipinski definition) is 2. The summed E-state index contributed by atoms with van der Waals surface area (Å²) in [4.78, 5) is 5.55. The van der Waals surface area contributed by atoms with Gasteiger partial charge in [0.15, 0.2) is 0 Å². The van der Waals surface area contributed by atoms with E-state index in [1.807, 2.05) is 32.0 Å². The van der Waals surface area contributed by atoms with Crippen LogP contribution in [-0.4, -0.2) is 19.2 Å². The summed E-state index contributed by atoms with van der Waals surface area (Å²) in [6.07, 6.45) is 0. The van der Waals surface area contributed by atoms with Gasteiger partial charge in [0.25, 0.3) is 0 Å². The van der Waals surface area contributed by atoms with Crippen molar-refractivity contribution < 1.29 is 9.47 Å². The molecule has 108 valence electrons. The van der Waals surface area contributed by atoms with Gasteiger partial charge in [-0.25, -0.2) is 10.4 Å². The normalized spacial score (nSPS) is 12.2. The minimum Gasteiger partial charge on any atom is -0.497 e. The molecule has 0 saturated heterocycles. The number of nitrogens with one attached hydrogen (secondary N) is 1. The van der Waals surface area contributed by atoms with E-state index in [-0.39, 0.29) is 6.04 Å². The molecule has 5 nitrogen and oxygen atoms in total. The van der Waals surface area contributed by atoms with Crippen LogP contribution in [0.1, 0.15) is 27.2 Å². The SMILES string of the molecule is COc1cc(OC)cc(C(NN)c2sc(C)nc2C)c1. The van der Waals surface area contributed by atoms with Crippen LogP contribution in [0.15, 0.2) is 18.2 Å². The van der Waals surface area contributed by atoms with Gasteiger partial charge in [-0.3, -0.25) is 5.84 Å². The molecular weight excluding hydrogens is 274 g/mol. The fourth-order valence-electron chi connectivity index (χ4n) is 2.13. The van der Waals surface area contributed by atoms with Gasteiger partial charge in [0.2, 0.25) is 0 Å². The van der Waals surface area contributed by atoms with Crippen LogP contribution < -0.4 is 20.7 Å². The molecule has 2 aromatic rings. The molecule has 0 aliphatic carbocycles. The molecule has 0 saturated carbocycles. The molecule has 0 spiro atoms. The van der Waals surface area contributed by atoms with Gasteiger partial charge < -0.3 is 9.47 Å². The first-order chi connectivity index (χ1) is 9.58. The van der Waals surface area contributed by atoms with Gasteiger partial charge in [-0.1, -0.05) is 0 Å². The van der Waals surface area contributed by atoms with Gasteiger partial charge in [0.1, 0.15) is 11.5 Å². The monoisotopic (exact) mass is 293 g/mol. The van der Waals surface area contributed by atoms with Crippen molar-refractivity contribution in [2.24, 2.45) is 5.84 Å². The fourth-order valence-corrected chi connectivity index (χ4v) is 3.15. The third kappa shape index (κ3) is 2.92. The Kier molecular flexibility index (Phi) is 4.59. The zero-order valence-corrected chi connectivity index (χ0v) is 12.9.